The Bertz CT molecular complexity index is 1300. The number of aromatic carboxylic acids is 1. The van der Waals surface area contributed by atoms with Gasteiger partial charge in [0.05, 0.1) is 18.4 Å². The predicted octanol–water partition coefficient (Wildman–Crippen LogP) is 4.86. The SMILES string of the molecule is COc1ccc(C(=O)Nc2ccc(Br)cc2C(=O)O)cc1S(=O)(=O)Nc1ccc(Cl)cc1. The Kier molecular flexibility index (Phi) is 7.07. The van der Waals surface area contributed by atoms with Crippen LogP contribution in [0.3, 0.4) is 0 Å². The van der Waals surface area contributed by atoms with Crippen molar-refractivity contribution in [2.75, 3.05) is 17.1 Å². The maximum absolute atomic E-state index is 12.9. The van der Waals surface area contributed by atoms with E-state index in [2.05, 4.69) is 26.0 Å². The van der Waals surface area contributed by atoms with Gasteiger partial charge in [-0.2, -0.15) is 0 Å². The van der Waals surface area contributed by atoms with Gasteiger partial charge in [0.2, 0.25) is 0 Å². The molecular weight excluding hydrogens is 524 g/mol. The lowest BCUT2D eigenvalue weighted by atomic mass is 10.1. The zero-order valence-electron chi connectivity index (χ0n) is 16.4. The first kappa shape index (κ1) is 23.6. The van der Waals surface area contributed by atoms with Gasteiger partial charge in [-0.25, -0.2) is 13.2 Å². The van der Waals surface area contributed by atoms with Crippen LogP contribution < -0.4 is 14.8 Å². The number of hydrogen-bond acceptors (Lipinski definition) is 5. The Balaban J connectivity index is 1.94. The number of nitrogens with one attached hydrogen (secondary N) is 2. The van der Waals surface area contributed by atoms with E-state index in [0.29, 0.717) is 9.50 Å². The van der Waals surface area contributed by atoms with Crippen molar-refractivity contribution in [3.63, 3.8) is 0 Å². The molecule has 0 bridgehead atoms. The molecule has 0 atom stereocenters. The number of carbonyl (C=O) groups excluding carboxylic acids is 1. The monoisotopic (exact) mass is 538 g/mol. The Morgan fingerprint density at radius 3 is 2.34 bits per heavy atom. The fraction of sp³-hybridized carbons (Fsp3) is 0.0476. The van der Waals surface area contributed by atoms with Gasteiger partial charge < -0.3 is 15.2 Å². The summed E-state index contributed by atoms with van der Waals surface area (Å²) in [6.07, 6.45) is 0. The van der Waals surface area contributed by atoms with Crippen LogP contribution in [0, 0.1) is 0 Å². The van der Waals surface area contributed by atoms with Crippen molar-refractivity contribution in [3.05, 3.63) is 81.3 Å². The summed E-state index contributed by atoms with van der Waals surface area (Å²) in [5.74, 6) is -1.90. The molecule has 1 amide bonds. The second-order valence-corrected chi connectivity index (χ2v) is 9.43. The number of anilines is 2. The van der Waals surface area contributed by atoms with Crippen LogP contribution in [0.4, 0.5) is 11.4 Å². The van der Waals surface area contributed by atoms with E-state index in [-0.39, 0.29) is 33.1 Å². The van der Waals surface area contributed by atoms with Crippen molar-refractivity contribution in [3.8, 4) is 5.75 Å². The second kappa shape index (κ2) is 9.60. The molecule has 0 unspecified atom stereocenters. The number of benzene rings is 3. The molecule has 0 saturated heterocycles. The summed E-state index contributed by atoms with van der Waals surface area (Å²) in [6, 6.07) is 14.2. The fourth-order valence-corrected chi connectivity index (χ4v) is 4.49. The molecule has 3 N–H and O–H groups in total. The third kappa shape index (κ3) is 5.39. The molecule has 0 aliphatic carbocycles. The van der Waals surface area contributed by atoms with Gasteiger partial charge in [0, 0.05) is 20.7 Å². The maximum atomic E-state index is 12.9. The molecule has 11 heteroatoms. The van der Waals surface area contributed by atoms with Crippen LogP contribution in [0.2, 0.25) is 5.02 Å². The van der Waals surface area contributed by atoms with E-state index in [1.54, 1.807) is 6.07 Å². The summed E-state index contributed by atoms with van der Waals surface area (Å²) in [6.45, 7) is 0. The number of halogens is 2. The van der Waals surface area contributed by atoms with Crippen molar-refractivity contribution in [2.45, 2.75) is 4.90 Å². The summed E-state index contributed by atoms with van der Waals surface area (Å²) in [5.41, 5.74) is 0.192. The van der Waals surface area contributed by atoms with Crippen molar-refractivity contribution < 1.29 is 27.9 Å². The number of rotatable bonds is 7. The average Bonchev–Trinajstić information content (AvgIpc) is 2.75. The molecule has 0 aliphatic rings. The Labute approximate surface area is 197 Å². The van der Waals surface area contributed by atoms with Gasteiger partial charge in [0.15, 0.2) is 0 Å². The Morgan fingerprint density at radius 2 is 1.72 bits per heavy atom. The molecule has 0 aromatic heterocycles. The van der Waals surface area contributed by atoms with E-state index in [0.717, 1.165) is 6.07 Å². The molecule has 166 valence electrons. The number of hydrogen-bond donors (Lipinski definition) is 3. The lowest BCUT2D eigenvalue weighted by molar-refractivity contribution is 0.0698. The smallest absolute Gasteiger partial charge is 0.337 e. The van der Waals surface area contributed by atoms with Gasteiger partial charge >= 0.3 is 5.97 Å². The molecule has 32 heavy (non-hydrogen) atoms. The molecule has 3 aromatic carbocycles. The lowest BCUT2D eigenvalue weighted by Gasteiger charge is -2.14. The number of amides is 1. The first-order valence-corrected chi connectivity index (χ1v) is 11.6. The number of sulfonamides is 1. The molecule has 0 fully saturated rings. The van der Waals surface area contributed by atoms with Crippen molar-refractivity contribution in [2.24, 2.45) is 0 Å². The van der Waals surface area contributed by atoms with Crippen molar-refractivity contribution in [1.82, 2.24) is 0 Å². The Morgan fingerprint density at radius 1 is 1.03 bits per heavy atom. The highest BCUT2D eigenvalue weighted by Gasteiger charge is 2.23. The maximum Gasteiger partial charge on any atom is 0.337 e. The largest absolute Gasteiger partial charge is 0.495 e. The van der Waals surface area contributed by atoms with Crippen LogP contribution >= 0.6 is 27.5 Å². The normalized spacial score (nSPS) is 11.0. The van der Waals surface area contributed by atoms with Crippen LogP contribution in [-0.2, 0) is 10.0 Å². The van der Waals surface area contributed by atoms with Gasteiger partial charge in [-0.3, -0.25) is 9.52 Å². The van der Waals surface area contributed by atoms with Crippen molar-refractivity contribution in [1.29, 1.82) is 0 Å². The standard InChI is InChI=1S/C21H16BrClN2O6S/c1-31-18-9-2-12(20(26)24-17-8-3-13(22)11-16(17)21(27)28)10-19(18)32(29,30)25-15-6-4-14(23)5-7-15/h2-11,25H,1H3,(H,24,26)(H,27,28). The molecule has 8 nitrogen and oxygen atoms in total. The molecule has 0 aliphatic heterocycles. The summed E-state index contributed by atoms with van der Waals surface area (Å²) in [5, 5.41) is 12.3. The first-order valence-electron chi connectivity index (χ1n) is 8.91. The number of carboxylic acid groups (broad SMARTS) is 1. The molecule has 3 aromatic rings. The minimum atomic E-state index is -4.12. The van der Waals surface area contributed by atoms with Crippen LogP contribution in [0.15, 0.2) is 70.0 Å². The van der Waals surface area contributed by atoms with Gasteiger partial charge in [-0.15, -0.1) is 0 Å². The zero-order valence-corrected chi connectivity index (χ0v) is 19.6. The van der Waals surface area contributed by atoms with E-state index in [1.165, 1.54) is 55.6 Å². The third-order valence-electron chi connectivity index (χ3n) is 4.27. The van der Waals surface area contributed by atoms with Crippen molar-refractivity contribution >= 4 is 60.8 Å². The fourth-order valence-electron chi connectivity index (χ4n) is 2.75. The zero-order chi connectivity index (χ0) is 23.5. The van der Waals surface area contributed by atoms with E-state index in [1.807, 2.05) is 0 Å². The quantitative estimate of drug-likeness (QED) is 0.394. The number of ether oxygens (including phenoxy) is 1. The Hall–Kier alpha value is -3.08. The van der Waals surface area contributed by atoms with Crippen LogP contribution in [-0.4, -0.2) is 32.5 Å². The highest BCUT2D eigenvalue weighted by Crippen LogP contribution is 2.28. The lowest BCUT2D eigenvalue weighted by Crippen LogP contribution is -2.18. The van der Waals surface area contributed by atoms with Gasteiger partial charge in [0.1, 0.15) is 10.6 Å². The van der Waals surface area contributed by atoms with Crippen LogP contribution in [0.5, 0.6) is 5.75 Å². The number of methoxy groups -OCH3 is 1. The summed E-state index contributed by atoms with van der Waals surface area (Å²) in [4.78, 5) is 24.0. The van der Waals surface area contributed by atoms with Crippen LogP contribution in [0.1, 0.15) is 20.7 Å². The van der Waals surface area contributed by atoms with E-state index in [9.17, 15) is 23.1 Å². The topological polar surface area (TPSA) is 122 Å². The first-order chi connectivity index (χ1) is 15.1. The second-order valence-electron chi connectivity index (χ2n) is 6.43. The third-order valence-corrected chi connectivity index (χ3v) is 6.42. The van der Waals surface area contributed by atoms with E-state index < -0.39 is 21.9 Å². The number of carboxylic acids is 1. The highest BCUT2D eigenvalue weighted by atomic mass is 79.9. The summed E-state index contributed by atoms with van der Waals surface area (Å²) in [7, 11) is -2.82. The van der Waals surface area contributed by atoms with Gasteiger partial charge in [-0.05, 0) is 60.7 Å². The molecule has 0 saturated carbocycles. The summed E-state index contributed by atoms with van der Waals surface area (Å²) < 4.78 is 34.0. The molecule has 0 spiro atoms. The predicted molar refractivity (Wildman–Crippen MR) is 124 cm³/mol. The van der Waals surface area contributed by atoms with E-state index in [4.69, 9.17) is 16.3 Å². The molecule has 0 heterocycles. The van der Waals surface area contributed by atoms with E-state index >= 15 is 0 Å². The summed E-state index contributed by atoms with van der Waals surface area (Å²) >= 11 is 9.01. The van der Waals surface area contributed by atoms with Crippen LogP contribution in [0.25, 0.3) is 0 Å². The molecule has 3 rings (SSSR count). The number of carbonyl (C=O) groups is 2. The average molecular weight is 540 g/mol. The van der Waals surface area contributed by atoms with Gasteiger partial charge in [-0.1, -0.05) is 27.5 Å². The molecule has 0 radical (unpaired) electrons. The minimum absolute atomic E-state index is 0.0125. The highest BCUT2D eigenvalue weighted by molar-refractivity contribution is 9.10. The minimum Gasteiger partial charge on any atom is -0.495 e. The molecular formula is C21H16BrClN2O6S. The van der Waals surface area contributed by atoms with Gasteiger partial charge in [0.25, 0.3) is 15.9 Å².